The summed E-state index contributed by atoms with van der Waals surface area (Å²) >= 11 is 0. The van der Waals surface area contributed by atoms with Crippen LogP contribution in [0.1, 0.15) is 39.0 Å². The summed E-state index contributed by atoms with van der Waals surface area (Å²) in [5, 5.41) is 0. The van der Waals surface area contributed by atoms with Gasteiger partial charge in [-0.05, 0) is 51.1 Å². The second-order valence-electron chi connectivity index (χ2n) is 6.23. The van der Waals surface area contributed by atoms with E-state index in [-0.39, 0.29) is 0 Å². The number of nitrogens with two attached hydrogens (primary N) is 1. The van der Waals surface area contributed by atoms with Crippen molar-refractivity contribution in [2.24, 2.45) is 11.7 Å². The van der Waals surface area contributed by atoms with Crippen molar-refractivity contribution in [3.63, 3.8) is 0 Å². The number of hydrogen-bond acceptors (Lipinski definition) is 3. The monoisotopic (exact) mass is 237 g/mol. The van der Waals surface area contributed by atoms with Gasteiger partial charge in [0.1, 0.15) is 0 Å². The molecule has 98 valence electrons. The lowest BCUT2D eigenvalue weighted by Gasteiger charge is -2.44. The number of rotatable bonds is 5. The smallest absolute Gasteiger partial charge is 0.0498 e. The third kappa shape index (κ3) is 1.92. The van der Waals surface area contributed by atoms with E-state index in [2.05, 4.69) is 16.7 Å². The number of nitrogens with zero attached hydrogens (tertiary/aromatic N) is 2. The van der Waals surface area contributed by atoms with Crippen molar-refractivity contribution in [1.29, 1.82) is 0 Å². The van der Waals surface area contributed by atoms with Gasteiger partial charge in [-0.2, -0.15) is 0 Å². The molecule has 3 aliphatic rings. The van der Waals surface area contributed by atoms with E-state index in [0.717, 1.165) is 18.5 Å². The lowest BCUT2D eigenvalue weighted by Crippen LogP contribution is -2.60. The van der Waals surface area contributed by atoms with Crippen LogP contribution in [0.5, 0.6) is 0 Å². The molecule has 0 radical (unpaired) electrons. The maximum absolute atomic E-state index is 6.23. The van der Waals surface area contributed by atoms with Crippen molar-refractivity contribution < 1.29 is 0 Å². The first-order chi connectivity index (χ1) is 8.30. The summed E-state index contributed by atoms with van der Waals surface area (Å²) in [4.78, 5) is 5.43. The zero-order valence-electron chi connectivity index (χ0n) is 11.2. The van der Waals surface area contributed by atoms with E-state index in [1.54, 1.807) is 0 Å². The molecule has 2 unspecified atom stereocenters. The van der Waals surface area contributed by atoms with Crippen LogP contribution in [0.4, 0.5) is 0 Å². The molecule has 0 spiro atoms. The van der Waals surface area contributed by atoms with Gasteiger partial charge in [-0.3, -0.25) is 9.80 Å². The average Bonchev–Trinajstić information content (AvgIpc) is 2.91. The summed E-state index contributed by atoms with van der Waals surface area (Å²) in [6.45, 7) is 8.25. The van der Waals surface area contributed by atoms with Crippen molar-refractivity contribution in [3.05, 3.63) is 0 Å². The molecule has 3 fully saturated rings. The summed E-state index contributed by atoms with van der Waals surface area (Å²) in [7, 11) is 0. The van der Waals surface area contributed by atoms with Crippen LogP contribution in [0.25, 0.3) is 0 Å². The Morgan fingerprint density at radius 2 is 2.12 bits per heavy atom. The molecular formula is C14H27N3. The molecule has 0 aromatic heterocycles. The predicted octanol–water partition coefficient (Wildman–Crippen LogP) is 1.28. The minimum Gasteiger partial charge on any atom is -0.329 e. The lowest BCUT2D eigenvalue weighted by molar-refractivity contribution is 0.0655. The van der Waals surface area contributed by atoms with Gasteiger partial charge in [0.25, 0.3) is 0 Å². The molecule has 1 aliphatic carbocycles. The van der Waals surface area contributed by atoms with Gasteiger partial charge in [0, 0.05) is 31.2 Å². The third-order valence-corrected chi connectivity index (χ3v) is 5.36. The Labute approximate surface area is 105 Å². The van der Waals surface area contributed by atoms with Gasteiger partial charge < -0.3 is 5.73 Å². The molecule has 0 amide bonds. The van der Waals surface area contributed by atoms with Gasteiger partial charge in [0.2, 0.25) is 0 Å². The van der Waals surface area contributed by atoms with Crippen LogP contribution < -0.4 is 5.73 Å². The highest BCUT2D eigenvalue weighted by Gasteiger charge is 2.51. The van der Waals surface area contributed by atoms with Crippen molar-refractivity contribution in [2.45, 2.75) is 50.6 Å². The van der Waals surface area contributed by atoms with E-state index in [9.17, 15) is 0 Å². The van der Waals surface area contributed by atoms with Gasteiger partial charge >= 0.3 is 0 Å². The Kier molecular flexibility index (Phi) is 3.18. The standard InChI is InChI=1S/C14H27N3/c1-2-17(10-12-5-6-12)14(11-15)7-9-16-8-3-4-13(14)16/h12-13H,2-11,15H2,1H3. The van der Waals surface area contributed by atoms with Gasteiger partial charge in [-0.25, -0.2) is 0 Å². The molecule has 0 aromatic rings. The molecule has 2 N–H and O–H groups in total. The SMILES string of the molecule is CCN(CC1CC1)C1(CN)CCN2CCCC21. The Morgan fingerprint density at radius 1 is 1.29 bits per heavy atom. The van der Waals surface area contributed by atoms with Crippen LogP contribution in [0, 0.1) is 5.92 Å². The van der Waals surface area contributed by atoms with E-state index < -0.39 is 0 Å². The average molecular weight is 237 g/mol. The molecule has 3 nitrogen and oxygen atoms in total. The van der Waals surface area contributed by atoms with E-state index in [1.807, 2.05) is 0 Å². The largest absolute Gasteiger partial charge is 0.329 e. The van der Waals surface area contributed by atoms with Crippen LogP contribution in [-0.2, 0) is 0 Å². The first-order valence-corrected chi connectivity index (χ1v) is 7.49. The Bertz CT molecular complexity index is 277. The predicted molar refractivity (Wildman–Crippen MR) is 71.0 cm³/mol. The van der Waals surface area contributed by atoms with Crippen LogP contribution in [-0.4, -0.2) is 54.1 Å². The highest BCUT2D eigenvalue weighted by atomic mass is 15.3. The molecule has 2 saturated heterocycles. The highest BCUT2D eigenvalue weighted by molar-refractivity contribution is 5.10. The summed E-state index contributed by atoms with van der Waals surface area (Å²) in [6, 6.07) is 0.756. The van der Waals surface area contributed by atoms with Crippen molar-refractivity contribution in [3.8, 4) is 0 Å². The molecule has 0 bridgehead atoms. The van der Waals surface area contributed by atoms with E-state index >= 15 is 0 Å². The quantitative estimate of drug-likeness (QED) is 0.782. The summed E-state index contributed by atoms with van der Waals surface area (Å²) in [5.74, 6) is 0.980. The Morgan fingerprint density at radius 3 is 2.76 bits per heavy atom. The highest BCUT2D eigenvalue weighted by Crippen LogP contribution is 2.41. The van der Waals surface area contributed by atoms with E-state index in [1.165, 1.54) is 58.3 Å². The second kappa shape index (κ2) is 4.52. The van der Waals surface area contributed by atoms with Crippen LogP contribution >= 0.6 is 0 Å². The first kappa shape index (κ1) is 11.9. The Hall–Kier alpha value is -0.120. The molecule has 2 heterocycles. The summed E-state index contributed by atoms with van der Waals surface area (Å²) in [6.07, 6.45) is 6.96. The molecule has 2 atom stereocenters. The minimum atomic E-state index is 0.313. The fraction of sp³-hybridized carbons (Fsp3) is 1.00. The number of hydrogen-bond donors (Lipinski definition) is 1. The molecule has 0 aromatic carbocycles. The van der Waals surface area contributed by atoms with Crippen LogP contribution in [0.3, 0.4) is 0 Å². The number of likely N-dealkylation sites (N-methyl/N-ethyl adjacent to an activating group) is 1. The minimum absolute atomic E-state index is 0.313. The van der Waals surface area contributed by atoms with E-state index in [4.69, 9.17) is 5.73 Å². The lowest BCUT2D eigenvalue weighted by atomic mass is 9.86. The van der Waals surface area contributed by atoms with Gasteiger partial charge in [-0.15, -0.1) is 0 Å². The summed E-state index contributed by atoms with van der Waals surface area (Å²) < 4.78 is 0. The van der Waals surface area contributed by atoms with Gasteiger partial charge in [0.05, 0.1) is 0 Å². The molecular weight excluding hydrogens is 210 g/mol. The third-order valence-electron chi connectivity index (χ3n) is 5.36. The van der Waals surface area contributed by atoms with Crippen molar-refractivity contribution in [1.82, 2.24) is 9.80 Å². The number of fused-ring (bicyclic) bond motifs is 1. The molecule has 3 heteroatoms. The summed E-state index contributed by atoms with van der Waals surface area (Å²) in [5.41, 5.74) is 6.54. The topological polar surface area (TPSA) is 32.5 Å². The molecule has 3 rings (SSSR count). The Balaban J connectivity index is 1.78. The van der Waals surface area contributed by atoms with Crippen LogP contribution in [0.2, 0.25) is 0 Å². The second-order valence-corrected chi connectivity index (χ2v) is 6.23. The van der Waals surface area contributed by atoms with Crippen molar-refractivity contribution in [2.75, 3.05) is 32.7 Å². The normalized spacial score (nSPS) is 37.9. The molecule has 1 saturated carbocycles. The molecule has 2 aliphatic heterocycles. The fourth-order valence-corrected chi connectivity index (χ4v) is 4.18. The van der Waals surface area contributed by atoms with Crippen LogP contribution in [0.15, 0.2) is 0 Å². The fourth-order valence-electron chi connectivity index (χ4n) is 4.18. The zero-order valence-corrected chi connectivity index (χ0v) is 11.2. The maximum Gasteiger partial charge on any atom is 0.0498 e. The maximum atomic E-state index is 6.23. The van der Waals surface area contributed by atoms with E-state index in [0.29, 0.717) is 5.54 Å². The first-order valence-electron chi connectivity index (χ1n) is 7.49. The zero-order chi connectivity index (χ0) is 11.9. The molecule has 17 heavy (non-hydrogen) atoms. The van der Waals surface area contributed by atoms with Gasteiger partial charge in [0.15, 0.2) is 0 Å². The van der Waals surface area contributed by atoms with Gasteiger partial charge in [-0.1, -0.05) is 6.92 Å². The van der Waals surface area contributed by atoms with Crippen molar-refractivity contribution >= 4 is 0 Å².